The van der Waals surface area contributed by atoms with E-state index < -0.39 is 0 Å². The first-order valence-corrected chi connectivity index (χ1v) is 8.42. The third-order valence-electron chi connectivity index (χ3n) is 4.51. The Labute approximate surface area is 129 Å². The van der Waals surface area contributed by atoms with Gasteiger partial charge in [0.15, 0.2) is 0 Å². The highest BCUT2D eigenvalue weighted by Gasteiger charge is 2.26. The largest absolute Gasteiger partial charge is 0.383 e. The van der Waals surface area contributed by atoms with Gasteiger partial charge in [0.25, 0.3) is 0 Å². The maximum Gasteiger partial charge on any atom is 0.137 e. The molecule has 1 aromatic rings. The van der Waals surface area contributed by atoms with Crippen molar-refractivity contribution in [1.82, 2.24) is 9.97 Å². The summed E-state index contributed by atoms with van der Waals surface area (Å²) in [5, 5.41) is 0. The van der Waals surface area contributed by atoms with Gasteiger partial charge in [-0.05, 0) is 32.1 Å². The first-order valence-electron chi connectivity index (χ1n) is 8.42. The fourth-order valence-corrected chi connectivity index (χ4v) is 3.08. The number of aromatic nitrogens is 2. The smallest absolute Gasteiger partial charge is 0.137 e. The molecule has 1 fully saturated rings. The van der Waals surface area contributed by atoms with E-state index in [1.54, 1.807) is 0 Å². The highest BCUT2D eigenvalue weighted by molar-refractivity contribution is 5.57. The molecule has 0 amide bonds. The van der Waals surface area contributed by atoms with E-state index in [4.69, 9.17) is 10.7 Å². The van der Waals surface area contributed by atoms with Crippen LogP contribution < -0.4 is 10.6 Å². The average molecular weight is 290 g/mol. The van der Waals surface area contributed by atoms with Crippen LogP contribution in [-0.2, 0) is 6.42 Å². The molecule has 21 heavy (non-hydrogen) atoms. The van der Waals surface area contributed by atoms with Gasteiger partial charge in [0.2, 0.25) is 0 Å². The lowest BCUT2D eigenvalue weighted by Crippen LogP contribution is -2.36. The zero-order valence-electron chi connectivity index (χ0n) is 14.0. The third-order valence-corrected chi connectivity index (χ3v) is 4.51. The van der Waals surface area contributed by atoms with E-state index in [1.807, 2.05) is 0 Å². The molecule has 1 saturated carbocycles. The minimum atomic E-state index is 0.626. The van der Waals surface area contributed by atoms with E-state index in [0.717, 1.165) is 30.2 Å². The summed E-state index contributed by atoms with van der Waals surface area (Å²) in [4.78, 5) is 11.7. The monoisotopic (exact) mass is 290 g/mol. The van der Waals surface area contributed by atoms with Crippen molar-refractivity contribution >= 4 is 11.6 Å². The summed E-state index contributed by atoms with van der Waals surface area (Å²) in [5.41, 5.74) is 7.16. The van der Waals surface area contributed by atoms with E-state index in [9.17, 15) is 0 Å². The van der Waals surface area contributed by atoms with Crippen molar-refractivity contribution in [1.29, 1.82) is 0 Å². The van der Waals surface area contributed by atoms with Gasteiger partial charge in [-0.3, -0.25) is 0 Å². The van der Waals surface area contributed by atoms with Crippen LogP contribution in [0.2, 0.25) is 0 Å². The average Bonchev–Trinajstić information content (AvgIpc) is 2.97. The number of nitrogens with zero attached hydrogens (tertiary/aromatic N) is 3. The molecular formula is C17H30N4. The summed E-state index contributed by atoms with van der Waals surface area (Å²) in [7, 11) is 0. The molecule has 2 rings (SSSR count). The zero-order valence-corrected chi connectivity index (χ0v) is 14.0. The topological polar surface area (TPSA) is 55.0 Å². The molecule has 0 aromatic carbocycles. The van der Waals surface area contributed by atoms with E-state index >= 15 is 0 Å². The molecule has 0 atom stereocenters. The van der Waals surface area contributed by atoms with Crippen LogP contribution in [0.5, 0.6) is 0 Å². The zero-order chi connectivity index (χ0) is 15.4. The number of nitrogen functional groups attached to an aromatic ring is 1. The molecule has 118 valence electrons. The molecule has 0 bridgehead atoms. The lowest BCUT2D eigenvalue weighted by molar-refractivity contribution is 0.523. The van der Waals surface area contributed by atoms with Crippen molar-refractivity contribution in [3.8, 4) is 0 Å². The molecule has 0 aliphatic heterocycles. The van der Waals surface area contributed by atoms with Gasteiger partial charge in [-0.25, -0.2) is 9.97 Å². The normalized spacial score (nSPS) is 15.9. The van der Waals surface area contributed by atoms with Crippen molar-refractivity contribution in [2.24, 2.45) is 5.92 Å². The molecule has 1 aromatic heterocycles. The Morgan fingerprint density at radius 2 is 1.90 bits per heavy atom. The summed E-state index contributed by atoms with van der Waals surface area (Å²) in [6, 6.07) is 0.626. The van der Waals surface area contributed by atoms with Gasteiger partial charge in [-0.1, -0.05) is 33.6 Å². The van der Waals surface area contributed by atoms with Crippen LogP contribution in [0.15, 0.2) is 0 Å². The number of aryl methyl sites for hydroxylation is 1. The van der Waals surface area contributed by atoms with Crippen LogP contribution in [0.25, 0.3) is 0 Å². The highest BCUT2D eigenvalue weighted by atomic mass is 15.2. The van der Waals surface area contributed by atoms with E-state index in [-0.39, 0.29) is 0 Å². The number of hydrogen-bond acceptors (Lipinski definition) is 4. The van der Waals surface area contributed by atoms with E-state index in [0.29, 0.717) is 17.8 Å². The minimum absolute atomic E-state index is 0.626. The van der Waals surface area contributed by atoms with Crippen molar-refractivity contribution in [3.05, 3.63) is 11.4 Å². The summed E-state index contributed by atoms with van der Waals surface area (Å²) in [6.07, 6.45) is 7.26. The van der Waals surface area contributed by atoms with Gasteiger partial charge < -0.3 is 10.6 Å². The predicted octanol–water partition coefficient (Wildman–Crippen LogP) is 3.72. The molecule has 1 aliphatic rings. The SMILES string of the molecule is CCc1nc(N)c(C)c(N(CCC(C)C)C2CCCC2)n1. The quantitative estimate of drug-likeness (QED) is 0.867. The van der Waals surface area contributed by atoms with Crippen molar-refractivity contribution in [2.45, 2.75) is 72.3 Å². The first kappa shape index (κ1) is 16.1. The Hall–Kier alpha value is -1.32. The maximum absolute atomic E-state index is 6.11. The first-order chi connectivity index (χ1) is 10.0. The molecule has 0 saturated heterocycles. The minimum Gasteiger partial charge on any atom is -0.383 e. The Morgan fingerprint density at radius 1 is 1.24 bits per heavy atom. The van der Waals surface area contributed by atoms with Crippen LogP contribution in [0.3, 0.4) is 0 Å². The third kappa shape index (κ3) is 3.86. The molecule has 0 spiro atoms. The van der Waals surface area contributed by atoms with Crippen molar-refractivity contribution < 1.29 is 0 Å². The van der Waals surface area contributed by atoms with Crippen LogP contribution in [0.4, 0.5) is 11.6 Å². The molecule has 4 nitrogen and oxygen atoms in total. The fraction of sp³-hybridized carbons (Fsp3) is 0.765. The number of nitrogens with two attached hydrogens (primary N) is 1. The molecule has 0 radical (unpaired) electrons. The Balaban J connectivity index is 2.32. The number of rotatable bonds is 6. The van der Waals surface area contributed by atoms with Gasteiger partial charge >= 0.3 is 0 Å². The fourth-order valence-electron chi connectivity index (χ4n) is 3.08. The van der Waals surface area contributed by atoms with Crippen molar-refractivity contribution in [3.63, 3.8) is 0 Å². The van der Waals surface area contributed by atoms with Gasteiger partial charge in [-0.15, -0.1) is 0 Å². The molecule has 2 N–H and O–H groups in total. The second kappa shape index (κ2) is 7.10. The Kier molecular flexibility index (Phi) is 5.43. The van der Waals surface area contributed by atoms with Gasteiger partial charge in [0, 0.05) is 24.6 Å². The van der Waals surface area contributed by atoms with Crippen LogP contribution in [-0.4, -0.2) is 22.6 Å². The number of hydrogen-bond donors (Lipinski definition) is 1. The molecule has 1 aliphatic carbocycles. The lowest BCUT2D eigenvalue weighted by atomic mass is 10.1. The molecule has 4 heteroatoms. The van der Waals surface area contributed by atoms with E-state index in [1.165, 1.54) is 32.1 Å². The maximum atomic E-state index is 6.11. The predicted molar refractivity (Wildman–Crippen MR) is 89.6 cm³/mol. The number of anilines is 2. The Bertz CT molecular complexity index is 464. The van der Waals surface area contributed by atoms with Gasteiger partial charge in [-0.2, -0.15) is 0 Å². The van der Waals surface area contributed by atoms with Crippen LogP contribution >= 0.6 is 0 Å². The molecular weight excluding hydrogens is 260 g/mol. The van der Waals surface area contributed by atoms with Gasteiger partial charge in [0.1, 0.15) is 17.5 Å². The summed E-state index contributed by atoms with van der Waals surface area (Å²) >= 11 is 0. The standard InChI is InChI=1S/C17H30N4/c1-5-15-19-16(18)13(4)17(20-15)21(11-10-12(2)3)14-8-6-7-9-14/h12,14H,5-11H2,1-4H3,(H2,18,19,20). The lowest BCUT2D eigenvalue weighted by Gasteiger charge is -2.32. The van der Waals surface area contributed by atoms with Crippen LogP contribution in [0, 0.1) is 12.8 Å². The highest BCUT2D eigenvalue weighted by Crippen LogP contribution is 2.31. The van der Waals surface area contributed by atoms with Crippen LogP contribution in [0.1, 0.15) is 64.3 Å². The Morgan fingerprint density at radius 3 is 2.48 bits per heavy atom. The second-order valence-electron chi connectivity index (χ2n) is 6.64. The van der Waals surface area contributed by atoms with Crippen molar-refractivity contribution in [2.75, 3.05) is 17.2 Å². The van der Waals surface area contributed by atoms with Gasteiger partial charge in [0.05, 0.1) is 0 Å². The summed E-state index contributed by atoms with van der Waals surface area (Å²) < 4.78 is 0. The molecule has 1 heterocycles. The van der Waals surface area contributed by atoms with E-state index in [2.05, 4.69) is 37.6 Å². The second-order valence-corrected chi connectivity index (χ2v) is 6.64. The molecule has 0 unspecified atom stereocenters. The summed E-state index contributed by atoms with van der Waals surface area (Å²) in [5.74, 6) is 3.29. The summed E-state index contributed by atoms with van der Waals surface area (Å²) in [6.45, 7) is 9.78.